The van der Waals surface area contributed by atoms with E-state index in [-0.39, 0.29) is 36.5 Å². The number of carboxylic acids is 1. The van der Waals surface area contributed by atoms with Crippen molar-refractivity contribution in [3.8, 4) is 0 Å². The fraction of sp³-hybridized carbons (Fsp3) is 0.667. The highest BCUT2D eigenvalue weighted by Gasteiger charge is 2.49. The molecule has 1 aromatic rings. The van der Waals surface area contributed by atoms with Gasteiger partial charge in [-0.2, -0.15) is 0 Å². The van der Waals surface area contributed by atoms with Crippen LogP contribution in [0.3, 0.4) is 0 Å². The molecule has 0 spiro atoms. The number of esters is 1. The van der Waals surface area contributed by atoms with Gasteiger partial charge >= 0.3 is 11.9 Å². The Bertz CT molecular complexity index is 900. The van der Waals surface area contributed by atoms with Gasteiger partial charge in [0.1, 0.15) is 12.1 Å². The third-order valence-corrected chi connectivity index (χ3v) is 7.54. The van der Waals surface area contributed by atoms with Gasteiger partial charge in [0.15, 0.2) is 0 Å². The van der Waals surface area contributed by atoms with Crippen LogP contribution < -0.4 is 5.32 Å². The zero-order chi connectivity index (χ0) is 27.5. The maximum absolute atomic E-state index is 13.7. The molecule has 0 aromatic heterocycles. The molecule has 5 atom stereocenters. The van der Waals surface area contributed by atoms with Crippen molar-refractivity contribution >= 4 is 17.8 Å². The SMILES string of the molecule is CC(NC(CCc1ccccc1)C(=O)O)C(=O)N1C(C(=O)OCCCCCON(O)O)CC2CCCCC21. The number of likely N-dealkylation sites (tertiary alicyclic amines) is 1. The number of carboxylic acid groups (broad SMARTS) is 1. The van der Waals surface area contributed by atoms with Gasteiger partial charge in [0.05, 0.1) is 24.6 Å². The summed E-state index contributed by atoms with van der Waals surface area (Å²) < 4.78 is 5.53. The van der Waals surface area contributed by atoms with E-state index in [0.29, 0.717) is 38.5 Å². The van der Waals surface area contributed by atoms with Crippen molar-refractivity contribution in [1.29, 1.82) is 0 Å². The van der Waals surface area contributed by atoms with E-state index in [1.165, 1.54) is 0 Å². The molecule has 2 aliphatic rings. The minimum atomic E-state index is -1.01. The maximum atomic E-state index is 13.7. The molecule has 5 unspecified atom stereocenters. The Balaban J connectivity index is 1.57. The van der Waals surface area contributed by atoms with E-state index >= 15 is 0 Å². The lowest BCUT2D eigenvalue weighted by Crippen LogP contribution is -2.55. The van der Waals surface area contributed by atoms with Crippen molar-refractivity contribution < 1.29 is 39.5 Å². The van der Waals surface area contributed by atoms with Gasteiger partial charge in [-0.25, -0.2) is 4.79 Å². The van der Waals surface area contributed by atoms with Crippen LogP contribution in [0.1, 0.15) is 70.3 Å². The minimum absolute atomic E-state index is 0.0392. The van der Waals surface area contributed by atoms with Crippen molar-refractivity contribution in [2.24, 2.45) is 5.92 Å². The standard InChI is InChI=1S/C27H41N3O8/c1-19(28-22(26(32)33)15-14-20-10-4-2-5-11-20)25(31)29-23-13-7-6-12-21(23)18-24(29)27(34)37-16-8-3-9-17-38-30(35)36/h2,4-5,10-11,19,21-24,28,35-36H,3,6-9,12-18H2,1H3,(H,32,33). The first-order chi connectivity index (χ1) is 18.3. The first-order valence-electron chi connectivity index (χ1n) is 13.6. The van der Waals surface area contributed by atoms with E-state index in [2.05, 4.69) is 10.2 Å². The third kappa shape index (κ3) is 8.74. The summed E-state index contributed by atoms with van der Waals surface area (Å²) >= 11 is 0. The van der Waals surface area contributed by atoms with Crippen LogP contribution in [0, 0.1) is 5.92 Å². The molecular formula is C27H41N3O8. The molecule has 1 saturated heterocycles. The van der Waals surface area contributed by atoms with E-state index < -0.39 is 30.1 Å². The van der Waals surface area contributed by atoms with Crippen LogP contribution in [-0.2, 0) is 30.4 Å². The summed E-state index contributed by atoms with van der Waals surface area (Å²) in [6, 6.07) is 7.26. The third-order valence-electron chi connectivity index (χ3n) is 7.54. The van der Waals surface area contributed by atoms with Gasteiger partial charge in [-0.1, -0.05) is 43.2 Å². The van der Waals surface area contributed by atoms with Crippen molar-refractivity contribution in [1.82, 2.24) is 15.6 Å². The number of fused-ring (bicyclic) bond motifs is 1. The van der Waals surface area contributed by atoms with Crippen molar-refractivity contribution in [2.75, 3.05) is 13.2 Å². The van der Waals surface area contributed by atoms with E-state index in [1.807, 2.05) is 30.3 Å². The number of unbranched alkanes of at least 4 members (excludes halogenated alkanes) is 2. The number of aliphatic carboxylic acids is 1. The lowest BCUT2D eigenvalue weighted by Gasteiger charge is -2.35. The zero-order valence-electron chi connectivity index (χ0n) is 22.0. The minimum Gasteiger partial charge on any atom is -0.480 e. The topological polar surface area (TPSA) is 149 Å². The maximum Gasteiger partial charge on any atom is 0.328 e. The van der Waals surface area contributed by atoms with E-state index in [1.54, 1.807) is 11.8 Å². The number of nitrogens with zero attached hydrogens (tertiary/aromatic N) is 2. The van der Waals surface area contributed by atoms with Crippen LogP contribution in [0.2, 0.25) is 0 Å². The van der Waals surface area contributed by atoms with Gasteiger partial charge in [0.2, 0.25) is 5.91 Å². The van der Waals surface area contributed by atoms with Crippen LogP contribution in [-0.4, -0.2) is 81.0 Å². The van der Waals surface area contributed by atoms with Crippen LogP contribution in [0.4, 0.5) is 0 Å². The van der Waals surface area contributed by atoms with E-state index in [4.69, 9.17) is 15.2 Å². The molecule has 0 radical (unpaired) electrons. The molecule has 0 bridgehead atoms. The average molecular weight is 536 g/mol. The molecular weight excluding hydrogens is 494 g/mol. The van der Waals surface area contributed by atoms with Gasteiger partial charge in [-0.15, -0.1) is 0 Å². The molecule has 1 aliphatic heterocycles. The first-order valence-corrected chi connectivity index (χ1v) is 13.6. The van der Waals surface area contributed by atoms with Gasteiger partial charge in [-0.05, 0) is 69.8 Å². The highest BCUT2D eigenvalue weighted by atomic mass is 17.1. The van der Waals surface area contributed by atoms with Gasteiger partial charge in [-0.3, -0.25) is 30.2 Å². The second-order valence-electron chi connectivity index (χ2n) is 10.2. The summed E-state index contributed by atoms with van der Waals surface area (Å²) in [5.74, 6) is -1.46. The molecule has 4 N–H and O–H groups in total. The second kappa shape index (κ2) is 15.1. The molecule has 38 heavy (non-hydrogen) atoms. The Morgan fingerprint density at radius 3 is 2.50 bits per heavy atom. The van der Waals surface area contributed by atoms with Crippen molar-refractivity contribution in [3.05, 3.63) is 35.9 Å². The van der Waals surface area contributed by atoms with Gasteiger partial charge in [0, 0.05) is 6.04 Å². The number of carbonyl (C=O) groups excluding carboxylic acids is 2. The Morgan fingerprint density at radius 1 is 1.08 bits per heavy atom. The quantitative estimate of drug-likeness (QED) is 0.150. The number of carbonyl (C=O) groups is 3. The summed E-state index contributed by atoms with van der Waals surface area (Å²) in [6.07, 6.45) is 7.14. The number of hydrogen-bond acceptors (Lipinski definition) is 9. The predicted molar refractivity (Wildman–Crippen MR) is 136 cm³/mol. The number of nitrogens with one attached hydrogen (secondary N) is 1. The van der Waals surface area contributed by atoms with Gasteiger partial charge < -0.3 is 14.7 Å². The molecule has 1 saturated carbocycles. The highest BCUT2D eigenvalue weighted by Crippen LogP contribution is 2.40. The number of amides is 1. The Hall–Kier alpha value is -2.57. The largest absolute Gasteiger partial charge is 0.480 e. The van der Waals surface area contributed by atoms with E-state index in [9.17, 15) is 19.5 Å². The first kappa shape index (κ1) is 30.0. The summed E-state index contributed by atoms with van der Waals surface area (Å²) in [4.78, 5) is 44.8. The molecule has 2 fully saturated rings. The van der Waals surface area contributed by atoms with Gasteiger partial charge in [0.25, 0.3) is 0 Å². The fourth-order valence-electron chi connectivity index (χ4n) is 5.61. The summed E-state index contributed by atoms with van der Waals surface area (Å²) in [6.45, 7) is 1.99. The predicted octanol–water partition coefficient (Wildman–Crippen LogP) is 2.94. The summed E-state index contributed by atoms with van der Waals surface area (Å²) in [5, 5.41) is 29.5. The molecule has 11 nitrogen and oxygen atoms in total. The second-order valence-corrected chi connectivity index (χ2v) is 10.2. The molecule has 11 heteroatoms. The molecule has 1 aromatic carbocycles. The molecule has 212 valence electrons. The zero-order valence-corrected chi connectivity index (χ0v) is 22.0. The van der Waals surface area contributed by atoms with E-state index in [0.717, 1.165) is 31.2 Å². The van der Waals surface area contributed by atoms with Crippen molar-refractivity contribution in [2.45, 2.75) is 95.3 Å². The fourth-order valence-corrected chi connectivity index (χ4v) is 5.61. The summed E-state index contributed by atoms with van der Waals surface area (Å²) in [7, 11) is 0. The lowest BCUT2D eigenvalue weighted by atomic mass is 9.84. The van der Waals surface area contributed by atoms with Crippen LogP contribution in [0.5, 0.6) is 0 Å². The van der Waals surface area contributed by atoms with Crippen LogP contribution in [0.15, 0.2) is 30.3 Å². The average Bonchev–Trinajstić information content (AvgIpc) is 3.29. The molecule has 3 rings (SSSR count). The monoisotopic (exact) mass is 535 g/mol. The van der Waals surface area contributed by atoms with Crippen LogP contribution >= 0.6 is 0 Å². The smallest absolute Gasteiger partial charge is 0.328 e. The molecule has 1 amide bonds. The molecule has 1 heterocycles. The normalized spacial score (nSPS) is 22.6. The lowest BCUT2D eigenvalue weighted by molar-refractivity contribution is -0.492. The highest BCUT2D eigenvalue weighted by molar-refractivity contribution is 5.89. The Kier molecular flexibility index (Phi) is 11.9. The van der Waals surface area contributed by atoms with Crippen LogP contribution in [0.25, 0.3) is 0 Å². The summed E-state index contributed by atoms with van der Waals surface area (Å²) in [5.41, 5.74) is 1.03. The number of hydrogen-bond donors (Lipinski definition) is 4. The molecule has 1 aliphatic carbocycles. The number of aryl methyl sites for hydroxylation is 1. The number of benzene rings is 1. The Morgan fingerprint density at radius 2 is 1.79 bits per heavy atom. The number of ether oxygens (including phenoxy) is 1. The number of rotatable bonds is 15. The van der Waals surface area contributed by atoms with Crippen molar-refractivity contribution in [3.63, 3.8) is 0 Å². The Labute approximate surface area is 223 Å².